The predicted octanol–water partition coefficient (Wildman–Crippen LogP) is 3.58. The molecule has 0 fully saturated rings. The number of hydrogen-bond acceptors (Lipinski definition) is 3. The number of nitrogens with two attached hydrogens (primary N) is 1. The summed E-state index contributed by atoms with van der Waals surface area (Å²) in [5, 5.41) is 0. The third kappa shape index (κ3) is 4.47. The zero-order chi connectivity index (χ0) is 15.5. The number of nitrogen functional groups attached to an aromatic ring is 1. The van der Waals surface area contributed by atoms with Crippen LogP contribution in [0.2, 0.25) is 0 Å². The Morgan fingerprint density at radius 1 is 1.19 bits per heavy atom. The van der Waals surface area contributed by atoms with Crippen molar-refractivity contribution in [2.45, 2.75) is 12.8 Å². The molecule has 3 N–H and O–H groups in total. The number of halogens is 1. The number of sulfonamides is 1. The first kappa shape index (κ1) is 15.9. The molecule has 2 rings (SSSR count). The summed E-state index contributed by atoms with van der Waals surface area (Å²) in [6, 6.07) is 14.6. The fourth-order valence-electron chi connectivity index (χ4n) is 2.04. The van der Waals surface area contributed by atoms with Gasteiger partial charge in [0, 0.05) is 4.47 Å². The van der Waals surface area contributed by atoms with E-state index in [0.717, 1.165) is 10.0 Å². The van der Waals surface area contributed by atoms with Crippen molar-refractivity contribution in [1.82, 2.24) is 0 Å². The Morgan fingerprint density at radius 3 is 2.48 bits per heavy atom. The molecule has 0 aliphatic carbocycles. The molecule has 0 heterocycles. The molecule has 0 aromatic heterocycles. The molecule has 21 heavy (non-hydrogen) atoms. The minimum atomic E-state index is -3.46. The van der Waals surface area contributed by atoms with Gasteiger partial charge in [-0.1, -0.05) is 53.2 Å². The van der Waals surface area contributed by atoms with Crippen molar-refractivity contribution < 1.29 is 8.42 Å². The highest BCUT2D eigenvalue weighted by Crippen LogP contribution is 2.25. The molecule has 0 spiro atoms. The van der Waals surface area contributed by atoms with Gasteiger partial charge < -0.3 is 5.73 Å². The van der Waals surface area contributed by atoms with E-state index in [2.05, 4.69) is 20.7 Å². The number of anilines is 2. The highest BCUT2D eigenvalue weighted by atomic mass is 79.9. The summed E-state index contributed by atoms with van der Waals surface area (Å²) in [6.45, 7) is 1.89. The Hall–Kier alpha value is -1.53. The average Bonchev–Trinajstić information content (AvgIpc) is 2.42. The van der Waals surface area contributed by atoms with Crippen LogP contribution in [0.3, 0.4) is 0 Å². The summed E-state index contributed by atoms with van der Waals surface area (Å²) >= 11 is 3.29. The van der Waals surface area contributed by atoms with Crippen LogP contribution in [0.15, 0.2) is 53.0 Å². The number of hydrogen-bond donors (Lipinski definition) is 2. The van der Waals surface area contributed by atoms with Gasteiger partial charge in [-0.2, -0.15) is 0 Å². The molecule has 0 aliphatic rings. The van der Waals surface area contributed by atoms with Crippen molar-refractivity contribution in [3.63, 3.8) is 0 Å². The van der Waals surface area contributed by atoms with Crippen LogP contribution in [-0.4, -0.2) is 14.2 Å². The van der Waals surface area contributed by atoms with Crippen molar-refractivity contribution in [1.29, 1.82) is 0 Å². The maximum atomic E-state index is 12.2. The monoisotopic (exact) mass is 368 g/mol. The molecule has 0 bridgehead atoms. The molecule has 1 atom stereocenters. The minimum absolute atomic E-state index is 0.00647. The maximum absolute atomic E-state index is 12.2. The first-order chi connectivity index (χ1) is 9.87. The molecule has 6 heteroatoms. The third-order valence-electron chi connectivity index (χ3n) is 3.12. The Labute approximate surface area is 133 Å². The standard InChI is InChI=1S/C15H17BrN2O2S/c1-11(12-5-3-2-4-6-12)10-21(19,20)18-15-8-7-13(16)9-14(15)17/h2-9,11,18H,10,17H2,1H3. The summed E-state index contributed by atoms with van der Waals surface area (Å²) < 4.78 is 27.8. The van der Waals surface area contributed by atoms with Crippen LogP contribution in [0.4, 0.5) is 11.4 Å². The van der Waals surface area contributed by atoms with E-state index in [-0.39, 0.29) is 11.7 Å². The van der Waals surface area contributed by atoms with Gasteiger partial charge in [-0.3, -0.25) is 4.72 Å². The Morgan fingerprint density at radius 2 is 1.86 bits per heavy atom. The second-order valence-corrected chi connectivity index (χ2v) is 7.61. The van der Waals surface area contributed by atoms with Gasteiger partial charge in [-0.15, -0.1) is 0 Å². The van der Waals surface area contributed by atoms with Gasteiger partial charge in [0.15, 0.2) is 0 Å². The summed E-state index contributed by atoms with van der Waals surface area (Å²) in [7, 11) is -3.46. The number of rotatable bonds is 5. The normalized spacial score (nSPS) is 12.9. The number of benzene rings is 2. The van der Waals surface area contributed by atoms with Crippen LogP contribution in [0, 0.1) is 0 Å². The van der Waals surface area contributed by atoms with Crippen LogP contribution < -0.4 is 10.5 Å². The second-order valence-electron chi connectivity index (χ2n) is 4.93. The maximum Gasteiger partial charge on any atom is 0.233 e. The van der Waals surface area contributed by atoms with E-state index < -0.39 is 10.0 Å². The van der Waals surface area contributed by atoms with E-state index in [1.54, 1.807) is 18.2 Å². The Balaban J connectivity index is 2.12. The highest BCUT2D eigenvalue weighted by molar-refractivity contribution is 9.10. The lowest BCUT2D eigenvalue weighted by Crippen LogP contribution is -2.21. The lowest BCUT2D eigenvalue weighted by Gasteiger charge is -2.15. The third-order valence-corrected chi connectivity index (χ3v) is 5.08. The van der Waals surface area contributed by atoms with E-state index in [9.17, 15) is 8.42 Å². The van der Waals surface area contributed by atoms with Crippen LogP contribution in [-0.2, 0) is 10.0 Å². The largest absolute Gasteiger partial charge is 0.397 e. The first-order valence-corrected chi connectivity index (χ1v) is 8.92. The van der Waals surface area contributed by atoms with E-state index in [0.29, 0.717) is 11.4 Å². The zero-order valence-electron chi connectivity index (χ0n) is 11.6. The molecule has 4 nitrogen and oxygen atoms in total. The summed E-state index contributed by atoms with van der Waals surface area (Å²) in [4.78, 5) is 0. The topological polar surface area (TPSA) is 72.2 Å². The molecular weight excluding hydrogens is 352 g/mol. The Kier molecular flexibility index (Phi) is 4.90. The smallest absolute Gasteiger partial charge is 0.233 e. The van der Waals surface area contributed by atoms with Gasteiger partial charge in [0.2, 0.25) is 10.0 Å². The molecule has 0 saturated carbocycles. The van der Waals surface area contributed by atoms with E-state index >= 15 is 0 Å². The van der Waals surface area contributed by atoms with Crippen LogP contribution in [0.25, 0.3) is 0 Å². The first-order valence-electron chi connectivity index (χ1n) is 6.48. The lowest BCUT2D eigenvalue weighted by atomic mass is 10.0. The van der Waals surface area contributed by atoms with Crippen molar-refractivity contribution in [3.05, 3.63) is 58.6 Å². The van der Waals surface area contributed by atoms with Gasteiger partial charge in [0.1, 0.15) is 0 Å². The molecule has 0 aliphatic heterocycles. The van der Waals surface area contributed by atoms with E-state index in [4.69, 9.17) is 5.73 Å². The highest BCUT2D eigenvalue weighted by Gasteiger charge is 2.18. The quantitative estimate of drug-likeness (QED) is 0.792. The molecular formula is C15H17BrN2O2S. The average molecular weight is 369 g/mol. The van der Waals surface area contributed by atoms with Crippen molar-refractivity contribution >= 4 is 37.3 Å². The Bertz CT molecular complexity index is 718. The van der Waals surface area contributed by atoms with E-state index in [1.165, 1.54) is 0 Å². The fourth-order valence-corrected chi connectivity index (χ4v) is 3.88. The minimum Gasteiger partial charge on any atom is -0.397 e. The molecule has 112 valence electrons. The van der Waals surface area contributed by atoms with Gasteiger partial charge >= 0.3 is 0 Å². The molecule has 2 aromatic carbocycles. The van der Waals surface area contributed by atoms with Crippen LogP contribution >= 0.6 is 15.9 Å². The molecule has 0 radical (unpaired) electrons. The number of nitrogens with one attached hydrogen (secondary N) is 1. The van der Waals surface area contributed by atoms with Crippen LogP contribution in [0.1, 0.15) is 18.4 Å². The molecule has 0 amide bonds. The van der Waals surface area contributed by atoms with Gasteiger partial charge in [-0.05, 0) is 29.7 Å². The fraction of sp³-hybridized carbons (Fsp3) is 0.200. The summed E-state index contributed by atoms with van der Waals surface area (Å²) in [5.74, 6) is -0.0904. The lowest BCUT2D eigenvalue weighted by molar-refractivity contribution is 0.596. The molecule has 2 aromatic rings. The molecule has 1 unspecified atom stereocenters. The van der Waals surface area contributed by atoms with Crippen molar-refractivity contribution in [3.8, 4) is 0 Å². The van der Waals surface area contributed by atoms with Crippen LogP contribution in [0.5, 0.6) is 0 Å². The van der Waals surface area contributed by atoms with Gasteiger partial charge in [0.05, 0.1) is 17.1 Å². The second kappa shape index (κ2) is 6.49. The SMILES string of the molecule is CC(CS(=O)(=O)Nc1ccc(Br)cc1N)c1ccccc1. The van der Waals surface area contributed by atoms with Crippen molar-refractivity contribution in [2.24, 2.45) is 0 Å². The zero-order valence-corrected chi connectivity index (χ0v) is 14.0. The van der Waals surface area contributed by atoms with E-state index in [1.807, 2.05) is 37.3 Å². The van der Waals surface area contributed by atoms with Gasteiger partial charge in [-0.25, -0.2) is 8.42 Å². The molecule has 0 saturated heterocycles. The van der Waals surface area contributed by atoms with Gasteiger partial charge in [0.25, 0.3) is 0 Å². The summed E-state index contributed by atoms with van der Waals surface area (Å²) in [5.41, 5.74) is 7.60. The van der Waals surface area contributed by atoms with Crippen molar-refractivity contribution in [2.75, 3.05) is 16.2 Å². The predicted molar refractivity (Wildman–Crippen MR) is 90.8 cm³/mol. The summed E-state index contributed by atoms with van der Waals surface area (Å²) in [6.07, 6.45) is 0.